The van der Waals surface area contributed by atoms with Crippen molar-refractivity contribution in [1.29, 1.82) is 0 Å². The van der Waals surface area contributed by atoms with E-state index in [4.69, 9.17) is 0 Å². The molecule has 0 saturated carbocycles. The summed E-state index contributed by atoms with van der Waals surface area (Å²) in [5, 5.41) is 15.4. The van der Waals surface area contributed by atoms with E-state index in [2.05, 4.69) is 10.6 Å². The highest BCUT2D eigenvalue weighted by Gasteiger charge is 2.25. The third-order valence-corrected chi connectivity index (χ3v) is 5.59. The third-order valence-electron chi connectivity index (χ3n) is 3.07. The van der Waals surface area contributed by atoms with Crippen molar-refractivity contribution in [2.24, 2.45) is 0 Å². The zero-order valence-corrected chi connectivity index (χ0v) is 13.0. The molecule has 0 radical (unpaired) electrons. The molecule has 2 rings (SSSR count). The molecule has 0 fully saturated rings. The van der Waals surface area contributed by atoms with Gasteiger partial charge < -0.3 is 10.4 Å². The van der Waals surface area contributed by atoms with Crippen molar-refractivity contribution in [3.63, 3.8) is 0 Å². The van der Waals surface area contributed by atoms with E-state index in [-0.39, 0.29) is 16.3 Å². The van der Waals surface area contributed by atoms with E-state index in [1.54, 1.807) is 13.8 Å². The van der Waals surface area contributed by atoms with Gasteiger partial charge in [-0.3, -0.25) is 5.32 Å². The molecule has 2 heterocycles. The zero-order valence-electron chi connectivity index (χ0n) is 11.3. The van der Waals surface area contributed by atoms with Gasteiger partial charge in [0, 0.05) is 10.3 Å². The van der Waals surface area contributed by atoms with E-state index < -0.39 is 27.9 Å². The van der Waals surface area contributed by atoms with Crippen molar-refractivity contribution in [2.45, 2.75) is 19.9 Å². The Bertz CT molecular complexity index is 733. The number of thiophene rings is 1. The van der Waals surface area contributed by atoms with E-state index in [1.165, 1.54) is 17.4 Å². The van der Waals surface area contributed by atoms with Crippen LogP contribution in [0.2, 0.25) is 0 Å². The molecule has 2 amide bonds. The maximum atomic E-state index is 11.8. The lowest BCUT2D eigenvalue weighted by Gasteiger charge is -2.11. The van der Waals surface area contributed by atoms with Crippen LogP contribution < -0.4 is 10.6 Å². The molecule has 1 atom stereocenters. The summed E-state index contributed by atoms with van der Waals surface area (Å²) in [6.07, 6.45) is 1.39. The van der Waals surface area contributed by atoms with Crippen LogP contribution in [0.3, 0.4) is 0 Å². The number of sulfone groups is 1. The number of hydrogen-bond donors (Lipinski definition) is 3. The SMILES string of the molecule is Cc1sc(NC(=O)NC2C=CS(=O)(=O)C2)c(C(=O)O)c1C. The summed E-state index contributed by atoms with van der Waals surface area (Å²) < 4.78 is 22.5. The van der Waals surface area contributed by atoms with Crippen LogP contribution in [-0.2, 0) is 9.84 Å². The number of hydrogen-bond acceptors (Lipinski definition) is 5. The number of carboxylic acids is 1. The predicted octanol–water partition coefficient (Wildman–Crippen LogP) is 1.50. The van der Waals surface area contributed by atoms with Crippen LogP contribution in [0.15, 0.2) is 11.5 Å². The van der Waals surface area contributed by atoms with Gasteiger partial charge in [-0.2, -0.15) is 0 Å². The van der Waals surface area contributed by atoms with Crippen LogP contribution in [-0.4, -0.2) is 37.3 Å². The summed E-state index contributed by atoms with van der Waals surface area (Å²) in [5.74, 6) is -1.30. The topological polar surface area (TPSA) is 113 Å². The minimum Gasteiger partial charge on any atom is -0.478 e. The number of urea groups is 1. The third kappa shape index (κ3) is 3.42. The maximum Gasteiger partial charge on any atom is 0.338 e. The summed E-state index contributed by atoms with van der Waals surface area (Å²) in [6, 6.07) is -1.24. The van der Waals surface area contributed by atoms with Crippen molar-refractivity contribution in [1.82, 2.24) is 5.32 Å². The zero-order chi connectivity index (χ0) is 15.8. The minimum atomic E-state index is -3.25. The highest BCUT2D eigenvalue weighted by molar-refractivity contribution is 7.94. The van der Waals surface area contributed by atoms with Crippen LogP contribution >= 0.6 is 11.3 Å². The molecule has 1 unspecified atom stereocenters. The number of carboxylic acid groups (broad SMARTS) is 1. The fourth-order valence-electron chi connectivity index (χ4n) is 1.95. The Morgan fingerprint density at radius 2 is 2.05 bits per heavy atom. The number of anilines is 1. The number of aromatic carboxylic acids is 1. The lowest BCUT2D eigenvalue weighted by Crippen LogP contribution is -2.38. The Morgan fingerprint density at radius 1 is 1.38 bits per heavy atom. The molecule has 3 N–H and O–H groups in total. The van der Waals surface area contributed by atoms with E-state index in [0.717, 1.165) is 10.3 Å². The summed E-state index contributed by atoms with van der Waals surface area (Å²) in [4.78, 5) is 23.8. The Balaban J connectivity index is 2.09. The van der Waals surface area contributed by atoms with Crippen LogP contribution in [0, 0.1) is 13.8 Å². The van der Waals surface area contributed by atoms with Crippen LogP contribution in [0.1, 0.15) is 20.8 Å². The molecule has 0 aromatic carbocycles. The first-order valence-corrected chi connectivity index (χ1v) is 8.54. The van der Waals surface area contributed by atoms with Gasteiger partial charge in [0.25, 0.3) is 0 Å². The average Bonchev–Trinajstić information content (AvgIpc) is 2.80. The molecule has 1 aliphatic heterocycles. The van der Waals surface area contributed by atoms with Crippen molar-refractivity contribution >= 4 is 38.2 Å². The fourth-order valence-corrected chi connectivity index (χ4v) is 4.23. The molecule has 21 heavy (non-hydrogen) atoms. The highest BCUT2D eigenvalue weighted by atomic mass is 32.2. The van der Waals surface area contributed by atoms with Crippen molar-refractivity contribution in [3.8, 4) is 0 Å². The van der Waals surface area contributed by atoms with E-state index in [1.807, 2.05) is 0 Å². The largest absolute Gasteiger partial charge is 0.478 e. The summed E-state index contributed by atoms with van der Waals surface area (Å²) in [7, 11) is -3.25. The molecule has 0 aliphatic carbocycles. The van der Waals surface area contributed by atoms with Gasteiger partial charge in [-0.15, -0.1) is 11.3 Å². The number of aryl methyl sites for hydroxylation is 1. The Kier molecular flexibility index (Phi) is 4.06. The van der Waals surface area contributed by atoms with Crippen LogP contribution in [0.25, 0.3) is 0 Å². The van der Waals surface area contributed by atoms with Gasteiger partial charge in [0.1, 0.15) is 5.00 Å². The number of nitrogens with one attached hydrogen (secondary N) is 2. The summed E-state index contributed by atoms with van der Waals surface area (Å²) in [5.41, 5.74) is 0.661. The minimum absolute atomic E-state index is 0.0576. The molecule has 0 bridgehead atoms. The standard InChI is InChI=1S/C12H14N2O5S2/c1-6-7(2)20-10(9(6)11(15)16)14-12(17)13-8-3-4-21(18,19)5-8/h3-4,8H,5H2,1-2H3,(H,15,16)(H2,13,14,17). The molecule has 0 saturated heterocycles. The number of carbonyl (C=O) groups excluding carboxylic acids is 1. The van der Waals surface area contributed by atoms with Gasteiger partial charge in [-0.1, -0.05) is 0 Å². The maximum absolute atomic E-state index is 11.8. The summed E-state index contributed by atoms with van der Waals surface area (Å²) >= 11 is 1.17. The van der Waals surface area contributed by atoms with E-state index in [9.17, 15) is 23.1 Å². The lowest BCUT2D eigenvalue weighted by atomic mass is 10.1. The van der Waals surface area contributed by atoms with Crippen molar-refractivity contribution in [3.05, 3.63) is 27.5 Å². The molecule has 9 heteroatoms. The first kappa shape index (κ1) is 15.5. The smallest absolute Gasteiger partial charge is 0.338 e. The Labute approximate surface area is 125 Å². The monoisotopic (exact) mass is 330 g/mol. The first-order valence-electron chi connectivity index (χ1n) is 6.01. The average molecular weight is 330 g/mol. The van der Waals surface area contributed by atoms with Gasteiger partial charge in [0.05, 0.1) is 17.4 Å². The Morgan fingerprint density at radius 3 is 2.57 bits per heavy atom. The molecule has 0 spiro atoms. The second-order valence-electron chi connectivity index (χ2n) is 4.66. The van der Waals surface area contributed by atoms with Gasteiger partial charge in [0.2, 0.25) is 0 Å². The molecule has 114 valence electrons. The molecule has 1 aromatic rings. The molecule has 1 aliphatic rings. The highest BCUT2D eigenvalue weighted by Crippen LogP contribution is 2.32. The second-order valence-corrected chi connectivity index (χ2v) is 7.81. The molecule has 7 nitrogen and oxygen atoms in total. The number of amides is 2. The van der Waals surface area contributed by atoms with E-state index in [0.29, 0.717) is 5.56 Å². The Hall–Kier alpha value is -1.87. The fraction of sp³-hybridized carbons (Fsp3) is 0.333. The van der Waals surface area contributed by atoms with Gasteiger partial charge in [-0.05, 0) is 25.5 Å². The van der Waals surface area contributed by atoms with Gasteiger partial charge >= 0.3 is 12.0 Å². The van der Waals surface area contributed by atoms with Crippen molar-refractivity contribution in [2.75, 3.05) is 11.1 Å². The second kappa shape index (κ2) is 5.49. The quantitative estimate of drug-likeness (QED) is 0.777. The lowest BCUT2D eigenvalue weighted by molar-refractivity contribution is 0.0697. The van der Waals surface area contributed by atoms with Crippen LogP contribution in [0.5, 0.6) is 0 Å². The van der Waals surface area contributed by atoms with Crippen molar-refractivity contribution < 1.29 is 23.1 Å². The normalized spacial score (nSPS) is 19.4. The number of carbonyl (C=O) groups is 2. The molecular formula is C12H14N2O5S2. The van der Waals surface area contributed by atoms with Gasteiger partial charge in [0.15, 0.2) is 9.84 Å². The van der Waals surface area contributed by atoms with Gasteiger partial charge in [-0.25, -0.2) is 18.0 Å². The van der Waals surface area contributed by atoms with E-state index >= 15 is 0 Å². The number of rotatable bonds is 3. The predicted molar refractivity (Wildman–Crippen MR) is 79.6 cm³/mol. The molecule has 1 aromatic heterocycles. The first-order chi connectivity index (χ1) is 9.69. The molecular weight excluding hydrogens is 316 g/mol. The summed E-state index contributed by atoms with van der Waals surface area (Å²) in [6.45, 7) is 3.44. The van der Waals surface area contributed by atoms with Crippen LogP contribution in [0.4, 0.5) is 9.80 Å².